The van der Waals surface area contributed by atoms with Crippen LogP contribution < -0.4 is 5.32 Å². The second-order valence-electron chi connectivity index (χ2n) is 7.94. The van der Waals surface area contributed by atoms with Crippen LogP contribution in [0.1, 0.15) is 17.0 Å². The first-order valence-corrected chi connectivity index (χ1v) is 11.2. The number of nitrogens with one attached hydrogen (secondary N) is 3. The summed E-state index contributed by atoms with van der Waals surface area (Å²) in [6, 6.07) is 11.1. The minimum Gasteiger partial charge on any atom is -0.364 e. The molecule has 34 heavy (non-hydrogen) atoms. The van der Waals surface area contributed by atoms with Gasteiger partial charge in [-0.15, -0.1) is 0 Å². The zero-order valence-corrected chi connectivity index (χ0v) is 19.0. The Bertz CT molecular complexity index is 1690. The lowest BCUT2D eigenvalue weighted by atomic mass is 10.1. The number of aromatic amines is 2. The Morgan fingerprint density at radius 3 is 2.85 bits per heavy atom. The van der Waals surface area contributed by atoms with Crippen LogP contribution >= 0.6 is 23.2 Å². The molecule has 4 aromatic heterocycles. The molecule has 2 aromatic carbocycles. The number of fused-ring (bicyclic) bond motifs is 3. The van der Waals surface area contributed by atoms with Crippen molar-refractivity contribution in [2.24, 2.45) is 0 Å². The molecule has 6 rings (SSSR count). The summed E-state index contributed by atoms with van der Waals surface area (Å²) in [7, 11) is 0. The van der Waals surface area contributed by atoms with E-state index >= 15 is 0 Å². The number of hydrogen-bond acceptors (Lipinski definition) is 5. The molecule has 0 atom stereocenters. The van der Waals surface area contributed by atoms with Crippen LogP contribution in [0.15, 0.2) is 55.1 Å². The van der Waals surface area contributed by atoms with E-state index in [-0.39, 0.29) is 12.4 Å². The minimum atomic E-state index is -0.333. The van der Waals surface area contributed by atoms with Crippen LogP contribution in [0.25, 0.3) is 33.0 Å². The summed E-state index contributed by atoms with van der Waals surface area (Å²) in [4.78, 5) is 23.8. The van der Waals surface area contributed by atoms with Crippen LogP contribution in [-0.4, -0.2) is 29.9 Å². The second-order valence-corrected chi connectivity index (χ2v) is 8.78. The van der Waals surface area contributed by atoms with E-state index in [0.29, 0.717) is 44.5 Å². The SMILES string of the molecule is Fc1cc2[nH]cc(Cl)c2cc1CNc1ncnc2nc(Cc3ccc4ncc(Cl)cc4c3)[nH]c12. The van der Waals surface area contributed by atoms with Crippen LogP contribution in [0, 0.1) is 5.82 Å². The van der Waals surface area contributed by atoms with E-state index in [1.165, 1.54) is 12.4 Å². The molecule has 4 heterocycles. The Balaban J connectivity index is 1.27. The average molecular weight is 492 g/mol. The number of anilines is 1. The monoisotopic (exact) mass is 491 g/mol. The molecule has 0 spiro atoms. The standard InChI is InChI=1S/C24H16Cl2FN7/c25-15-5-13-3-12(1-2-19(13)28-9-15)4-21-33-22-23(31-11-32-24(22)34-21)30-8-14-6-16-17(26)10-29-20(16)7-18(14)27/h1-3,5-7,9-11,29H,4,8H2,(H2,30,31,32,33,34). The Kier molecular flexibility index (Phi) is 5.04. The van der Waals surface area contributed by atoms with Gasteiger partial charge in [0.1, 0.15) is 23.5 Å². The summed E-state index contributed by atoms with van der Waals surface area (Å²) < 4.78 is 14.6. The molecular formula is C24H16Cl2FN7. The van der Waals surface area contributed by atoms with Crippen LogP contribution in [0.5, 0.6) is 0 Å². The molecule has 6 aromatic rings. The number of H-pyrrole nitrogens is 2. The van der Waals surface area contributed by atoms with Crippen LogP contribution in [0.3, 0.4) is 0 Å². The van der Waals surface area contributed by atoms with Crippen molar-refractivity contribution in [2.75, 3.05) is 5.32 Å². The maximum atomic E-state index is 14.6. The zero-order valence-electron chi connectivity index (χ0n) is 17.5. The fourth-order valence-corrected chi connectivity index (χ4v) is 4.40. The van der Waals surface area contributed by atoms with Crippen molar-refractivity contribution in [3.63, 3.8) is 0 Å². The fraction of sp³-hybridized carbons (Fsp3) is 0.0833. The molecule has 0 fully saturated rings. The van der Waals surface area contributed by atoms with Gasteiger partial charge in [-0.3, -0.25) is 4.98 Å². The van der Waals surface area contributed by atoms with Gasteiger partial charge in [0, 0.05) is 47.2 Å². The van der Waals surface area contributed by atoms with Gasteiger partial charge in [-0.25, -0.2) is 19.3 Å². The number of rotatable bonds is 5. The van der Waals surface area contributed by atoms with E-state index < -0.39 is 0 Å². The topological polar surface area (TPSA) is 95.2 Å². The predicted octanol–water partition coefficient (Wildman–Crippen LogP) is 6.03. The molecule has 10 heteroatoms. The number of aromatic nitrogens is 6. The maximum absolute atomic E-state index is 14.6. The van der Waals surface area contributed by atoms with Gasteiger partial charge < -0.3 is 15.3 Å². The normalized spacial score (nSPS) is 11.6. The van der Waals surface area contributed by atoms with Crippen LogP contribution in [-0.2, 0) is 13.0 Å². The molecule has 0 aliphatic carbocycles. The predicted molar refractivity (Wildman–Crippen MR) is 132 cm³/mol. The third kappa shape index (κ3) is 3.81. The van der Waals surface area contributed by atoms with E-state index in [2.05, 4.69) is 35.2 Å². The van der Waals surface area contributed by atoms with Crippen molar-refractivity contribution in [1.82, 2.24) is 29.9 Å². The van der Waals surface area contributed by atoms with Gasteiger partial charge in [0.15, 0.2) is 11.5 Å². The molecule has 0 aliphatic heterocycles. The molecule has 0 saturated carbocycles. The molecule has 0 saturated heterocycles. The summed E-state index contributed by atoms with van der Waals surface area (Å²) in [5.74, 6) is 0.942. The molecular weight excluding hydrogens is 476 g/mol. The van der Waals surface area contributed by atoms with Gasteiger partial charge in [0.25, 0.3) is 0 Å². The Hall–Kier alpha value is -3.75. The summed E-state index contributed by atoms with van der Waals surface area (Å²) in [6.07, 6.45) is 5.27. The molecule has 3 N–H and O–H groups in total. The minimum absolute atomic E-state index is 0.224. The second kappa shape index (κ2) is 8.23. The van der Waals surface area contributed by atoms with Crippen LogP contribution in [0.4, 0.5) is 10.2 Å². The van der Waals surface area contributed by atoms with E-state index in [1.54, 1.807) is 18.5 Å². The van der Waals surface area contributed by atoms with Gasteiger partial charge in [-0.05, 0) is 35.9 Å². The van der Waals surface area contributed by atoms with Crippen molar-refractivity contribution in [2.45, 2.75) is 13.0 Å². The highest BCUT2D eigenvalue weighted by molar-refractivity contribution is 6.35. The highest BCUT2D eigenvalue weighted by Crippen LogP contribution is 2.27. The quantitative estimate of drug-likeness (QED) is 0.273. The lowest BCUT2D eigenvalue weighted by molar-refractivity contribution is 0.614. The lowest BCUT2D eigenvalue weighted by Crippen LogP contribution is -2.04. The molecule has 0 amide bonds. The van der Waals surface area contributed by atoms with Crippen LogP contribution in [0.2, 0.25) is 10.0 Å². The summed E-state index contributed by atoms with van der Waals surface area (Å²) >= 11 is 12.3. The number of pyridine rings is 1. The molecule has 0 aliphatic rings. The highest BCUT2D eigenvalue weighted by atomic mass is 35.5. The molecule has 0 radical (unpaired) electrons. The number of nitrogens with zero attached hydrogens (tertiary/aromatic N) is 4. The average Bonchev–Trinajstić information content (AvgIpc) is 3.40. The highest BCUT2D eigenvalue weighted by Gasteiger charge is 2.13. The van der Waals surface area contributed by atoms with Crippen molar-refractivity contribution in [1.29, 1.82) is 0 Å². The Morgan fingerprint density at radius 1 is 1.03 bits per heavy atom. The van der Waals surface area contributed by atoms with Crippen molar-refractivity contribution >= 4 is 62.0 Å². The van der Waals surface area contributed by atoms with Crippen molar-refractivity contribution in [3.8, 4) is 0 Å². The number of benzene rings is 2. The summed E-state index contributed by atoms with van der Waals surface area (Å²) in [5.41, 5.74) is 4.25. The zero-order chi connectivity index (χ0) is 23.2. The first-order chi connectivity index (χ1) is 16.5. The molecule has 168 valence electrons. The molecule has 0 bridgehead atoms. The molecule has 7 nitrogen and oxygen atoms in total. The third-order valence-corrected chi connectivity index (χ3v) is 6.19. The fourth-order valence-electron chi connectivity index (χ4n) is 4.02. The lowest BCUT2D eigenvalue weighted by Gasteiger charge is -2.08. The number of hydrogen-bond donors (Lipinski definition) is 3. The first kappa shape index (κ1) is 20.8. The van der Waals surface area contributed by atoms with E-state index in [9.17, 15) is 4.39 Å². The molecule has 0 unspecified atom stereocenters. The first-order valence-electron chi connectivity index (χ1n) is 10.5. The Labute approximate surface area is 202 Å². The number of imidazole rings is 1. The van der Waals surface area contributed by atoms with Crippen molar-refractivity contribution < 1.29 is 4.39 Å². The van der Waals surface area contributed by atoms with Gasteiger partial charge in [-0.1, -0.05) is 29.3 Å². The smallest absolute Gasteiger partial charge is 0.183 e. The van der Waals surface area contributed by atoms with Gasteiger partial charge in [0.05, 0.1) is 15.6 Å². The Morgan fingerprint density at radius 2 is 1.94 bits per heavy atom. The third-order valence-electron chi connectivity index (χ3n) is 5.67. The summed E-state index contributed by atoms with van der Waals surface area (Å²) in [5, 5.41) is 6.06. The van der Waals surface area contributed by atoms with E-state index in [4.69, 9.17) is 23.2 Å². The van der Waals surface area contributed by atoms with Crippen molar-refractivity contribution in [3.05, 3.63) is 87.9 Å². The number of halogens is 3. The largest absolute Gasteiger partial charge is 0.364 e. The van der Waals surface area contributed by atoms with E-state index in [1.807, 2.05) is 24.3 Å². The maximum Gasteiger partial charge on any atom is 0.183 e. The van der Waals surface area contributed by atoms with Gasteiger partial charge in [0.2, 0.25) is 0 Å². The van der Waals surface area contributed by atoms with E-state index in [0.717, 1.165) is 27.7 Å². The van der Waals surface area contributed by atoms with Gasteiger partial charge in [-0.2, -0.15) is 0 Å². The van der Waals surface area contributed by atoms with Gasteiger partial charge >= 0.3 is 0 Å². The summed E-state index contributed by atoms with van der Waals surface area (Å²) in [6.45, 7) is 0.224.